The van der Waals surface area contributed by atoms with Crippen molar-refractivity contribution in [2.75, 3.05) is 38.7 Å². The van der Waals surface area contributed by atoms with Gasteiger partial charge in [-0.3, -0.25) is 9.69 Å². The summed E-state index contributed by atoms with van der Waals surface area (Å²) in [6, 6.07) is 7.28. The van der Waals surface area contributed by atoms with Crippen molar-refractivity contribution >= 4 is 11.6 Å². The number of benzene rings is 1. The number of carbonyl (C=O) groups is 1. The van der Waals surface area contributed by atoms with E-state index in [1.807, 2.05) is 17.0 Å². The highest BCUT2D eigenvalue weighted by atomic mass is 16.5. The number of amides is 1. The number of methoxy groups -OCH3 is 1. The molecule has 0 atom stereocenters. The molecule has 1 amide bonds. The molecule has 1 aromatic rings. The highest BCUT2D eigenvalue weighted by Gasteiger charge is 2.09. The quantitative estimate of drug-likeness (QED) is 0.672. The van der Waals surface area contributed by atoms with Gasteiger partial charge in [0.05, 0.1) is 19.4 Å². The Labute approximate surface area is 119 Å². The Kier molecular flexibility index (Phi) is 7.39. The predicted molar refractivity (Wildman–Crippen MR) is 80.0 cm³/mol. The van der Waals surface area contributed by atoms with Gasteiger partial charge in [0, 0.05) is 26.1 Å². The lowest BCUT2D eigenvalue weighted by molar-refractivity contribution is -0.116. The number of aliphatic hydroxyl groups is 1. The van der Waals surface area contributed by atoms with Crippen molar-refractivity contribution in [1.82, 2.24) is 4.90 Å². The third-order valence-corrected chi connectivity index (χ3v) is 2.84. The summed E-state index contributed by atoms with van der Waals surface area (Å²) in [5.41, 5.74) is 0.664. The first-order valence-corrected chi connectivity index (χ1v) is 6.58. The molecular weight excluding hydrogens is 256 g/mol. The van der Waals surface area contributed by atoms with E-state index >= 15 is 0 Å². The van der Waals surface area contributed by atoms with E-state index in [2.05, 4.69) is 11.9 Å². The summed E-state index contributed by atoms with van der Waals surface area (Å²) in [6.45, 7) is 5.50. The number of para-hydroxylation sites is 2. The molecule has 2 N–H and O–H groups in total. The van der Waals surface area contributed by atoms with Gasteiger partial charge in [0.15, 0.2) is 0 Å². The van der Waals surface area contributed by atoms with E-state index in [4.69, 9.17) is 9.84 Å². The number of ether oxygens (including phenoxy) is 1. The molecule has 0 radical (unpaired) electrons. The second-order valence-corrected chi connectivity index (χ2v) is 4.31. The third kappa shape index (κ3) is 5.42. The Hall–Kier alpha value is -1.85. The number of aliphatic hydroxyl groups excluding tert-OH is 1. The molecule has 1 aromatic carbocycles. The maximum absolute atomic E-state index is 11.9. The number of hydrogen-bond acceptors (Lipinski definition) is 4. The number of nitrogens with one attached hydrogen (secondary N) is 1. The van der Waals surface area contributed by atoms with E-state index in [1.54, 1.807) is 25.3 Å². The second-order valence-electron chi connectivity index (χ2n) is 4.31. The fourth-order valence-corrected chi connectivity index (χ4v) is 1.84. The van der Waals surface area contributed by atoms with Gasteiger partial charge in [-0.2, -0.15) is 0 Å². The molecule has 0 saturated carbocycles. The molecule has 0 unspecified atom stereocenters. The number of carbonyl (C=O) groups excluding carboxylic acids is 1. The molecule has 0 aliphatic carbocycles. The molecule has 0 bridgehead atoms. The van der Waals surface area contributed by atoms with Crippen LogP contribution in [0.25, 0.3) is 0 Å². The highest BCUT2D eigenvalue weighted by Crippen LogP contribution is 2.22. The average molecular weight is 278 g/mol. The molecule has 0 aromatic heterocycles. The van der Waals surface area contributed by atoms with Gasteiger partial charge in [-0.05, 0) is 12.1 Å². The summed E-state index contributed by atoms with van der Waals surface area (Å²) >= 11 is 0. The van der Waals surface area contributed by atoms with Crippen LogP contribution in [0, 0.1) is 0 Å². The van der Waals surface area contributed by atoms with Crippen LogP contribution in [0.4, 0.5) is 5.69 Å². The van der Waals surface area contributed by atoms with Gasteiger partial charge < -0.3 is 15.2 Å². The predicted octanol–water partition coefficient (Wildman–Crippen LogP) is 1.50. The first-order chi connectivity index (χ1) is 9.71. The monoisotopic (exact) mass is 278 g/mol. The topological polar surface area (TPSA) is 61.8 Å². The van der Waals surface area contributed by atoms with Crippen LogP contribution < -0.4 is 10.1 Å². The van der Waals surface area contributed by atoms with Crippen molar-refractivity contribution in [3.05, 3.63) is 36.9 Å². The molecule has 0 saturated heterocycles. The summed E-state index contributed by atoms with van der Waals surface area (Å²) in [4.78, 5) is 13.9. The maximum atomic E-state index is 11.9. The smallest absolute Gasteiger partial charge is 0.225 e. The van der Waals surface area contributed by atoms with E-state index in [1.165, 1.54) is 0 Å². The number of nitrogens with zero attached hydrogens (tertiary/aromatic N) is 1. The van der Waals surface area contributed by atoms with E-state index in [-0.39, 0.29) is 12.5 Å². The Morgan fingerprint density at radius 2 is 2.20 bits per heavy atom. The van der Waals surface area contributed by atoms with Crippen LogP contribution in [0.5, 0.6) is 5.75 Å². The molecular formula is C15H22N2O3. The van der Waals surface area contributed by atoms with Gasteiger partial charge in [0.2, 0.25) is 5.91 Å². The standard InChI is InChI=1S/C15H22N2O3/c1-3-9-17(11-12-18)10-8-15(19)16-13-6-4-5-7-14(13)20-2/h3-7,18H,1,8-12H2,2H3,(H,16,19). The van der Waals surface area contributed by atoms with Crippen LogP contribution in [-0.4, -0.2) is 49.3 Å². The van der Waals surface area contributed by atoms with E-state index in [9.17, 15) is 4.79 Å². The molecule has 20 heavy (non-hydrogen) atoms. The first-order valence-electron chi connectivity index (χ1n) is 6.58. The molecule has 5 heteroatoms. The van der Waals surface area contributed by atoms with Crippen molar-refractivity contribution in [2.24, 2.45) is 0 Å². The Balaban J connectivity index is 2.48. The molecule has 0 fully saturated rings. The SMILES string of the molecule is C=CCN(CCO)CCC(=O)Nc1ccccc1OC. The molecule has 110 valence electrons. The number of rotatable bonds is 9. The summed E-state index contributed by atoms with van der Waals surface area (Å²) in [7, 11) is 1.57. The minimum absolute atomic E-state index is 0.0714. The van der Waals surface area contributed by atoms with Crippen LogP contribution in [0.3, 0.4) is 0 Å². The van der Waals surface area contributed by atoms with Gasteiger partial charge >= 0.3 is 0 Å². The van der Waals surface area contributed by atoms with Crippen molar-refractivity contribution in [1.29, 1.82) is 0 Å². The zero-order chi connectivity index (χ0) is 14.8. The zero-order valence-electron chi connectivity index (χ0n) is 11.8. The number of hydrogen-bond donors (Lipinski definition) is 2. The zero-order valence-corrected chi connectivity index (χ0v) is 11.8. The van der Waals surface area contributed by atoms with Crippen LogP contribution in [-0.2, 0) is 4.79 Å². The lowest BCUT2D eigenvalue weighted by Crippen LogP contribution is -2.30. The Morgan fingerprint density at radius 1 is 1.45 bits per heavy atom. The number of anilines is 1. The fourth-order valence-electron chi connectivity index (χ4n) is 1.84. The summed E-state index contributed by atoms with van der Waals surface area (Å²) < 4.78 is 5.18. The highest BCUT2D eigenvalue weighted by molar-refractivity contribution is 5.92. The normalized spacial score (nSPS) is 10.3. The van der Waals surface area contributed by atoms with Gasteiger partial charge in [-0.1, -0.05) is 18.2 Å². The maximum Gasteiger partial charge on any atom is 0.225 e. The third-order valence-electron chi connectivity index (χ3n) is 2.84. The van der Waals surface area contributed by atoms with E-state index < -0.39 is 0 Å². The van der Waals surface area contributed by atoms with E-state index in [0.29, 0.717) is 37.5 Å². The van der Waals surface area contributed by atoms with E-state index in [0.717, 1.165) is 0 Å². The van der Waals surface area contributed by atoms with Gasteiger partial charge in [-0.25, -0.2) is 0 Å². The van der Waals surface area contributed by atoms with Crippen LogP contribution in [0.15, 0.2) is 36.9 Å². The van der Waals surface area contributed by atoms with Crippen LogP contribution >= 0.6 is 0 Å². The average Bonchev–Trinajstić information content (AvgIpc) is 2.46. The minimum Gasteiger partial charge on any atom is -0.495 e. The summed E-state index contributed by atoms with van der Waals surface area (Å²) in [5.74, 6) is 0.556. The van der Waals surface area contributed by atoms with Gasteiger partial charge in [0.25, 0.3) is 0 Å². The van der Waals surface area contributed by atoms with Crippen molar-refractivity contribution < 1.29 is 14.6 Å². The minimum atomic E-state index is -0.0819. The first kappa shape index (κ1) is 16.2. The molecule has 0 aliphatic heterocycles. The summed E-state index contributed by atoms with van der Waals surface area (Å²) in [5, 5.41) is 11.8. The van der Waals surface area contributed by atoms with Crippen LogP contribution in [0.2, 0.25) is 0 Å². The lowest BCUT2D eigenvalue weighted by atomic mass is 10.2. The van der Waals surface area contributed by atoms with Gasteiger partial charge in [0.1, 0.15) is 5.75 Å². The van der Waals surface area contributed by atoms with Crippen molar-refractivity contribution in [3.8, 4) is 5.75 Å². The second kappa shape index (κ2) is 9.12. The Morgan fingerprint density at radius 3 is 2.85 bits per heavy atom. The lowest BCUT2D eigenvalue weighted by Gasteiger charge is -2.19. The molecule has 1 rings (SSSR count). The fraction of sp³-hybridized carbons (Fsp3) is 0.400. The van der Waals surface area contributed by atoms with Gasteiger partial charge in [-0.15, -0.1) is 6.58 Å². The van der Waals surface area contributed by atoms with Crippen LogP contribution in [0.1, 0.15) is 6.42 Å². The van der Waals surface area contributed by atoms with Crippen molar-refractivity contribution in [3.63, 3.8) is 0 Å². The molecule has 5 nitrogen and oxygen atoms in total. The largest absolute Gasteiger partial charge is 0.495 e. The molecule has 0 heterocycles. The Bertz CT molecular complexity index is 435. The summed E-state index contributed by atoms with van der Waals surface area (Å²) in [6.07, 6.45) is 2.11. The molecule has 0 aliphatic rings. The van der Waals surface area contributed by atoms with Crippen molar-refractivity contribution in [2.45, 2.75) is 6.42 Å². The molecule has 0 spiro atoms.